The van der Waals surface area contributed by atoms with Gasteiger partial charge in [-0.2, -0.15) is 9.97 Å². The maximum Gasteiger partial charge on any atom is 0.234 e. The molecule has 4 aromatic rings. The van der Waals surface area contributed by atoms with Gasteiger partial charge in [0, 0.05) is 17.5 Å². The molecule has 1 aliphatic rings. The lowest BCUT2D eigenvalue weighted by Crippen LogP contribution is -2.00. The minimum absolute atomic E-state index is 0.262. The van der Waals surface area contributed by atoms with Crippen LogP contribution in [0.4, 0.5) is 0 Å². The van der Waals surface area contributed by atoms with Gasteiger partial charge >= 0.3 is 0 Å². The number of nitrogens with zero attached hydrogens (tertiary/aromatic N) is 3. The highest BCUT2D eigenvalue weighted by Crippen LogP contribution is 2.34. The van der Waals surface area contributed by atoms with Crippen LogP contribution in [0.1, 0.15) is 17.7 Å². The van der Waals surface area contributed by atoms with Crippen LogP contribution >= 0.6 is 12.2 Å². The van der Waals surface area contributed by atoms with Crippen molar-refractivity contribution in [3.05, 3.63) is 46.4 Å². The van der Waals surface area contributed by atoms with E-state index in [1.165, 1.54) is 5.56 Å². The normalized spacial score (nSPS) is 13.7. The van der Waals surface area contributed by atoms with Crippen molar-refractivity contribution < 1.29 is 4.42 Å². The fraction of sp³-hybridized carbons (Fsp3) is 0.176. The van der Waals surface area contributed by atoms with Crippen molar-refractivity contribution in [2.45, 2.75) is 19.3 Å². The van der Waals surface area contributed by atoms with Crippen LogP contribution in [-0.4, -0.2) is 19.9 Å². The average Bonchev–Trinajstić information content (AvgIpc) is 3.03. The molecule has 0 saturated carbocycles. The molecule has 0 spiro atoms. The first-order valence-corrected chi connectivity index (χ1v) is 7.98. The summed E-state index contributed by atoms with van der Waals surface area (Å²) in [5.74, 6) is 1.78. The van der Waals surface area contributed by atoms with Gasteiger partial charge < -0.3 is 9.40 Å². The highest BCUT2D eigenvalue weighted by atomic mass is 32.1. The average molecular weight is 320 g/mol. The molecule has 0 aliphatic heterocycles. The molecule has 0 saturated heterocycles. The SMILES string of the molecule is S=c1nc2nc(-c3ccccc3)[nH]c3c4c(oc(n1)c23)CCC4. The molecule has 1 N–H and O–H groups in total. The first kappa shape index (κ1) is 12.9. The lowest BCUT2D eigenvalue weighted by Gasteiger charge is -2.11. The largest absolute Gasteiger partial charge is 0.442 e. The van der Waals surface area contributed by atoms with E-state index in [1.54, 1.807) is 0 Å². The van der Waals surface area contributed by atoms with Gasteiger partial charge in [-0.25, -0.2) is 4.98 Å². The fourth-order valence-corrected chi connectivity index (χ4v) is 3.44. The minimum Gasteiger partial charge on any atom is -0.442 e. The second-order valence-electron chi connectivity index (χ2n) is 5.69. The Morgan fingerprint density at radius 3 is 2.78 bits per heavy atom. The highest BCUT2D eigenvalue weighted by molar-refractivity contribution is 7.71. The standard InChI is InChI=1S/C17H12N4OS/c23-17-20-15-12-13(10-7-4-8-11(10)22-16(12)21-17)18-14(19-15)9-5-2-1-3-6-9/h1-3,5-6H,4,7-8H2,(H,18,19,20,21,23). The van der Waals surface area contributed by atoms with E-state index >= 15 is 0 Å². The van der Waals surface area contributed by atoms with Crippen LogP contribution in [0.25, 0.3) is 33.7 Å². The number of benzene rings is 1. The number of nitrogens with one attached hydrogen (secondary N) is 1. The summed E-state index contributed by atoms with van der Waals surface area (Å²) >= 11 is 5.17. The molecule has 3 heterocycles. The van der Waals surface area contributed by atoms with Gasteiger partial charge in [0.15, 0.2) is 5.65 Å². The van der Waals surface area contributed by atoms with E-state index in [0.29, 0.717) is 11.4 Å². The van der Waals surface area contributed by atoms with E-state index in [-0.39, 0.29) is 4.77 Å². The van der Waals surface area contributed by atoms with Crippen molar-refractivity contribution in [1.29, 1.82) is 0 Å². The molecule has 0 fully saturated rings. The summed E-state index contributed by atoms with van der Waals surface area (Å²) in [6.45, 7) is 0. The third-order valence-electron chi connectivity index (χ3n) is 4.28. The molecule has 0 atom stereocenters. The van der Waals surface area contributed by atoms with Crippen LogP contribution in [0.3, 0.4) is 0 Å². The molecule has 23 heavy (non-hydrogen) atoms. The number of fused-ring (bicyclic) bond motifs is 2. The van der Waals surface area contributed by atoms with E-state index in [1.807, 2.05) is 30.3 Å². The zero-order valence-electron chi connectivity index (χ0n) is 12.2. The molecule has 3 aromatic heterocycles. The molecule has 0 radical (unpaired) electrons. The number of hydrogen-bond donors (Lipinski definition) is 1. The van der Waals surface area contributed by atoms with Gasteiger partial charge in [-0.1, -0.05) is 30.3 Å². The summed E-state index contributed by atoms with van der Waals surface area (Å²) in [6, 6.07) is 10.0. The van der Waals surface area contributed by atoms with Crippen LogP contribution in [-0.2, 0) is 12.8 Å². The van der Waals surface area contributed by atoms with Crippen molar-refractivity contribution in [3.63, 3.8) is 0 Å². The molecular formula is C17H12N4OS. The second-order valence-corrected chi connectivity index (χ2v) is 6.06. The second kappa shape index (κ2) is 4.70. The van der Waals surface area contributed by atoms with Crippen LogP contribution in [0.15, 0.2) is 34.7 Å². The van der Waals surface area contributed by atoms with Crippen LogP contribution in [0.2, 0.25) is 0 Å². The van der Waals surface area contributed by atoms with Gasteiger partial charge in [0.2, 0.25) is 10.5 Å². The molecule has 112 valence electrons. The molecule has 0 bridgehead atoms. The molecule has 6 heteroatoms. The zero-order chi connectivity index (χ0) is 15.4. The molecule has 5 nitrogen and oxygen atoms in total. The van der Waals surface area contributed by atoms with E-state index in [4.69, 9.17) is 16.6 Å². The van der Waals surface area contributed by atoms with Gasteiger partial charge in [0.25, 0.3) is 0 Å². The summed E-state index contributed by atoms with van der Waals surface area (Å²) in [5, 5.41) is 0.832. The summed E-state index contributed by atoms with van der Waals surface area (Å²) in [6.07, 6.45) is 3.02. The predicted octanol–water partition coefficient (Wildman–Crippen LogP) is 3.98. The Hall–Kier alpha value is -2.60. The maximum absolute atomic E-state index is 5.96. The lowest BCUT2D eigenvalue weighted by atomic mass is 10.1. The Morgan fingerprint density at radius 1 is 1.04 bits per heavy atom. The molecule has 5 rings (SSSR count). The Bertz CT molecular complexity index is 1110. The molecule has 0 unspecified atom stereocenters. The fourth-order valence-electron chi connectivity index (χ4n) is 3.27. The van der Waals surface area contributed by atoms with Crippen LogP contribution < -0.4 is 0 Å². The molecule has 1 aromatic carbocycles. The van der Waals surface area contributed by atoms with Crippen LogP contribution in [0.5, 0.6) is 0 Å². The Morgan fingerprint density at radius 2 is 1.91 bits per heavy atom. The van der Waals surface area contributed by atoms with Crippen molar-refractivity contribution in [1.82, 2.24) is 19.9 Å². The van der Waals surface area contributed by atoms with Crippen molar-refractivity contribution in [2.24, 2.45) is 0 Å². The summed E-state index contributed by atoms with van der Waals surface area (Å²) in [7, 11) is 0. The monoisotopic (exact) mass is 320 g/mol. The Labute approximate surface area is 136 Å². The summed E-state index contributed by atoms with van der Waals surface area (Å²) in [4.78, 5) is 16.8. The van der Waals surface area contributed by atoms with Gasteiger partial charge in [0.05, 0.1) is 5.52 Å². The third-order valence-corrected chi connectivity index (χ3v) is 4.47. The Balaban J connectivity index is 1.96. The number of aromatic nitrogens is 4. The smallest absolute Gasteiger partial charge is 0.234 e. The molecule has 0 amide bonds. The first-order valence-electron chi connectivity index (χ1n) is 7.57. The first-order chi connectivity index (χ1) is 11.3. The number of aromatic amines is 1. The summed E-state index contributed by atoms with van der Waals surface area (Å²) in [5.41, 5.74) is 4.37. The van der Waals surface area contributed by atoms with E-state index in [0.717, 1.165) is 47.3 Å². The minimum atomic E-state index is 0.262. The molecule has 1 aliphatic carbocycles. The van der Waals surface area contributed by atoms with Crippen molar-refractivity contribution in [2.75, 3.05) is 0 Å². The van der Waals surface area contributed by atoms with Gasteiger partial charge in [-0.15, -0.1) is 0 Å². The third kappa shape index (κ3) is 1.91. The van der Waals surface area contributed by atoms with Crippen LogP contribution in [0, 0.1) is 4.77 Å². The number of hydrogen-bond acceptors (Lipinski definition) is 5. The zero-order valence-corrected chi connectivity index (χ0v) is 13.0. The molecular weight excluding hydrogens is 308 g/mol. The van der Waals surface area contributed by atoms with E-state index in [2.05, 4.69) is 19.9 Å². The van der Waals surface area contributed by atoms with Crippen molar-refractivity contribution >= 4 is 34.5 Å². The topological polar surface area (TPSA) is 67.6 Å². The number of H-pyrrole nitrogens is 1. The van der Waals surface area contributed by atoms with Gasteiger partial charge in [-0.05, 0) is 25.1 Å². The van der Waals surface area contributed by atoms with Crippen molar-refractivity contribution in [3.8, 4) is 11.4 Å². The van der Waals surface area contributed by atoms with E-state index in [9.17, 15) is 0 Å². The Kier molecular flexibility index (Phi) is 2.63. The predicted molar refractivity (Wildman–Crippen MR) is 89.8 cm³/mol. The van der Waals surface area contributed by atoms with E-state index < -0.39 is 0 Å². The quantitative estimate of drug-likeness (QED) is 0.537. The van der Waals surface area contributed by atoms with Gasteiger partial charge in [0.1, 0.15) is 17.0 Å². The highest BCUT2D eigenvalue weighted by Gasteiger charge is 2.22. The number of aryl methyl sites for hydroxylation is 2. The lowest BCUT2D eigenvalue weighted by molar-refractivity contribution is 0.536. The number of rotatable bonds is 1. The summed E-state index contributed by atoms with van der Waals surface area (Å²) < 4.78 is 6.22. The van der Waals surface area contributed by atoms with Gasteiger partial charge in [-0.3, -0.25) is 0 Å². The maximum atomic E-state index is 5.96.